The molecule has 0 radical (unpaired) electrons. The Labute approximate surface area is 176 Å². The predicted molar refractivity (Wildman–Crippen MR) is 112 cm³/mol. The number of imidazole rings is 1. The van der Waals surface area contributed by atoms with Crippen molar-refractivity contribution in [3.05, 3.63) is 42.0 Å². The van der Waals surface area contributed by atoms with Gasteiger partial charge in [-0.3, -0.25) is 14.2 Å². The van der Waals surface area contributed by atoms with Crippen molar-refractivity contribution in [3.8, 4) is 5.69 Å². The molecule has 2 amide bonds. The Morgan fingerprint density at radius 2 is 1.83 bits per heavy atom. The molecule has 0 N–H and O–H groups in total. The van der Waals surface area contributed by atoms with Crippen LogP contribution in [-0.4, -0.2) is 78.1 Å². The van der Waals surface area contributed by atoms with E-state index in [-0.39, 0.29) is 41.4 Å². The Hall–Kier alpha value is -2.72. The summed E-state index contributed by atoms with van der Waals surface area (Å²) in [6.07, 6.45) is 1.47. The zero-order chi connectivity index (χ0) is 22.2. The van der Waals surface area contributed by atoms with Gasteiger partial charge in [-0.05, 0) is 18.1 Å². The lowest BCUT2D eigenvalue weighted by molar-refractivity contribution is -0.128. The predicted octanol–water partition coefficient (Wildman–Crippen LogP) is 1.19. The van der Waals surface area contributed by atoms with Crippen molar-refractivity contribution in [2.75, 3.05) is 34.2 Å². The first-order valence-electron chi connectivity index (χ1n) is 9.65. The third kappa shape index (κ3) is 3.97. The van der Waals surface area contributed by atoms with Crippen LogP contribution in [0.3, 0.4) is 0 Å². The van der Waals surface area contributed by atoms with E-state index in [1.54, 1.807) is 48.8 Å². The zero-order valence-corrected chi connectivity index (χ0v) is 18.7. The first-order chi connectivity index (χ1) is 14.0. The molecule has 1 aliphatic rings. The minimum absolute atomic E-state index is 0.0715. The summed E-state index contributed by atoms with van der Waals surface area (Å²) in [7, 11) is 0.883. The summed E-state index contributed by atoms with van der Waals surface area (Å²) >= 11 is 0. The average molecular weight is 434 g/mol. The lowest BCUT2D eigenvalue weighted by Gasteiger charge is -2.22. The molecule has 2 aromatic rings. The Kier molecular flexibility index (Phi) is 6.00. The number of para-hydroxylation sites is 1. The van der Waals surface area contributed by atoms with Crippen LogP contribution in [0, 0.1) is 5.92 Å². The Bertz CT molecular complexity index is 1070. The molecule has 3 rings (SSSR count). The lowest BCUT2D eigenvalue weighted by atomic mass is 10.2. The zero-order valence-electron chi connectivity index (χ0n) is 17.9. The Balaban J connectivity index is 2.14. The summed E-state index contributed by atoms with van der Waals surface area (Å²) in [4.78, 5) is 32.7. The number of carbonyl (C=O) groups is 2. The highest BCUT2D eigenvalue weighted by molar-refractivity contribution is 7.89. The van der Waals surface area contributed by atoms with E-state index < -0.39 is 10.0 Å². The third-order valence-electron chi connectivity index (χ3n) is 4.93. The Morgan fingerprint density at radius 3 is 2.47 bits per heavy atom. The fraction of sp³-hybridized carbons (Fsp3) is 0.450. The normalized spacial score (nSPS) is 15.3. The number of amides is 2. The molecule has 2 heterocycles. The van der Waals surface area contributed by atoms with Crippen LogP contribution in [0.5, 0.6) is 0 Å². The van der Waals surface area contributed by atoms with Gasteiger partial charge >= 0.3 is 0 Å². The highest BCUT2D eigenvalue weighted by Gasteiger charge is 2.36. The summed E-state index contributed by atoms with van der Waals surface area (Å²) in [5.41, 5.74) is 1.04. The molecule has 30 heavy (non-hydrogen) atoms. The van der Waals surface area contributed by atoms with Crippen LogP contribution >= 0.6 is 0 Å². The van der Waals surface area contributed by atoms with Gasteiger partial charge in [-0.25, -0.2) is 13.4 Å². The van der Waals surface area contributed by atoms with E-state index in [4.69, 9.17) is 0 Å². The standard InChI is InChI=1S/C20H27N5O4S/c1-14(2)10-23(5)20(27)19-16-11-24(12-18(26)22(3)4)30(28,29)17-9-7-6-8-15(17)25(16)13-21-19/h6-9,13-14H,10-12H2,1-5H3. The largest absolute Gasteiger partial charge is 0.348 e. The molecule has 0 bridgehead atoms. The van der Waals surface area contributed by atoms with E-state index in [9.17, 15) is 18.0 Å². The molecule has 0 unspecified atom stereocenters. The Morgan fingerprint density at radius 1 is 1.17 bits per heavy atom. The molecule has 0 spiro atoms. The number of benzene rings is 1. The van der Waals surface area contributed by atoms with E-state index in [1.165, 1.54) is 17.3 Å². The van der Waals surface area contributed by atoms with E-state index in [0.29, 0.717) is 17.9 Å². The van der Waals surface area contributed by atoms with E-state index in [1.807, 2.05) is 13.8 Å². The van der Waals surface area contributed by atoms with E-state index in [0.717, 1.165) is 4.31 Å². The van der Waals surface area contributed by atoms with Gasteiger partial charge in [0, 0.05) is 27.7 Å². The molecule has 0 atom stereocenters. The maximum atomic E-state index is 13.3. The van der Waals surface area contributed by atoms with Crippen LogP contribution in [0.15, 0.2) is 35.5 Å². The van der Waals surface area contributed by atoms with Gasteiger partial charge in [-0.2, -0.15) is 4.31 Å². The van der Waals surface area contributed by atoms with Gasteiger partial charge in [0.05, 0.1) is 24.5 Å². The van der Waals surface area contributed by atoms with E-state index in [2.05, 4.69) is 4.98 Å². The molecule has 10 heteroatoms. The van der Waals surface area contributed by atoms with Crippen molar-refractivity contribution in [2.24, 2.45) is 5.92 Å². The van der Waals surface area contributed by atoms with Crippen molar-refractivity contribution in [1.82, 2.24) is 23.7 Å². The second-order valence-corrected chi connectivity index (χ2v) is 9.92. The summed E-state index contributed by atoms with van der Waals surface area (Å²) in [6, 6.07) is 6.53. The SMILES string of the molecule is CC(C)CN(C)C(=O)c1ncn2c1CN(CC(=O)N(C)C)S(=O)(=O)c1ccccc1-2. The fourth-order valence-corrected chi connectivity index (χ4v) is 4.95. The van der Waals surface area contributed by atoms with Crippen molar-refractivity contribution in [1.29, 1.82) is 0 Å². The van der Waals surface area contributed by atoms with E-state index >= 15 is 0 Å². The first-order valence-corrected chi connectivity index (χ1v) is 11.1. The van der Waals surface area contributed by atoms with Crippen LogP contribution in [0.1, 0.15) is 30.0 Å². The number of fused-ring (bicyclic) bond motifs is 3. The minimum atomic E-state index is -3.95. The summed E-state index contributed by atoms with van der Waals surface area (Å²) in [5.74, 6) is -0.363. The minimum Gasteiger partial charge on any atom is -0.348 e. The van der Waals surface area contributed by atoms with Crippen molar-refractivity contribution in [2.45, 2.75) is 25.3 Å². The van der Waals surface area contributed by atoms with Crippen molar-refractivity contribution < 1.29 is 18.0 Å². The molecule has 9 nitrogen and oxygen atoms in total. The number of nitrogens with zero attached hydrogens (tertiary/aromatic N) is 5. The lowest BCUT2D eigenvalue weighted by Crippen LogP contribution is -2.40. The molecule has 0 saturated heterocycles. The number of carbonyl (C=O) groups excluding carboxylic acids is 2. The molecule has 1 aromatic heterocycles. The van der Waals surface area contributed by atoms with Crippen molar-refractivity contribution >= 4 is 21.8 Å². The maximum Gasteiger partial charge on any atom is 0.274 e. The maximum absolute atomic E-state index is 13.3. The quantitative estimate of drug-likeness (QED) is 0.706. The summed E-state index contributed by atoms with van der Waals surface area (Å²) in [5, 5.41) is 0. The topological polar surface area (TPSA) is 95.8 Å². The highest BCUT2D eigenvalue weighted by Crippen LogP contribution is 2.31. The van der Waals surface area contributed by atoms with Gasteiger partial charge in [-0.15, -0.1) is 0 Å². The van der Waals surface area contributed by atoms with Gasteiger partial charge in [0.25, 0.3) is 5.91 Å². The van der Waals surface area contributed by atoms with Gasteiger partial charge in [0.15, 0.2) is 5.69 Å². The van der Waals surface area contributed by atoms with Gasteiger partial charge in [-0.1, -0.05) is 26.0 Å². The number of sulfonamides is 1. The fourth-order valence-electron chi connectivity index (χ4n) is 3.42. The van der Waals surface area contributed by atoms with Gasteiger partial charge in [0.1, 0.15) is 11.2 Å². The second kappa shape index (κ2) is 8.19. The molecular formula is C20H27N5O4S. The molecule has 162 valence electrons. The number of rotatable bonds is 5. The smallest absolute Gasteiger partial charge is 0.274 e. The van der Waals surface area contributed by atoms with Crippen LogP contribution in [0.2, 0.25) is 0 Å². The van der Waals surface area contributed by atoms with Crippen LogP contribution in [-0.2, 0) is 21.4 Å². The summed E-state index contributed by atoms with van der Waals surface area (Å²) in [6.45, 7) is 4.10. The molecule has 1 aliphatic heterocycles. The number of hydrogen-bond acceptors (Lipinski definition) is 5. The first kappa shape index (κ1) is 22.0. The van der Waals surface area contributed by atoms with Gasteiger partial charge in [0.2, 0.25) is 15.9 Å². The van der Waals surface area contributed by atoms with Crippen LogP contribution in [0.25, 0.3) is 5.69 Å². The molecule has 0 aliphatic carbocycles. The molecule has 0 saturated carbocycles. The molecular weight excluding hydrogens is 406 g/mol. The average Bonchev–Trinajstić information content (AvgIpc) is 3.05. The third-order valence-corrected chi connectivity index (χ3v) is 6.77. The van der Waals surface area contributed by atoms with Crippen LogP contribution in [0.4, 0.5) is 0 Å². The number of likely N-dealkylation sites (N-methyl/N-ethyl adjacent to an activating group) is 1. The molecule has 0 fully saturated rings. The van der Waals surface area contributed by atoms with Gasteiger partial charge < -0.3 is 9.80 Å². The monoisotopic (exact) mass is 433 g/mol. The van der Waals surface area contributed by atoms with Crippen molar-refractivity contribution in [3.63, 3.8) is 0 Å². The molecule has 1 aromatic carbocycles. The second-order valence-electron chi connectivity index (χ2n) is 8.02. The highest BCUT2D eigenvalue weighted by atomic mass is 32.2. The number of aromatic nitrogens is 2. The van der Waals surface area contributed by atoms with Crippen LogP contribution < -0.4 is 0 Å². The number of hydrogen-bond donors (Lipinski definition) is 0. The summed E-state index contributed by atoms with van der Waals surface area (Å²) < 4.78 is 29.4.